The van der Waals surface area contributed by atoms with Crippen molar-refractivity contribution in [2.24, 2.45) is 17.8 Å². The number of hydrogen-bond donors (Lipinski definition) is 4. The van der Waals surface area contributed by atoms with Gasteiger partial charge in [-0.1, -0.05) is 109 Å². The van der Waals surface area contributed by atoms with Crippen LogP contribution in [0.4, 0.5) is 0 Å². The number of allylic oxidation sites excluding steroid dienone is 2. The van der Waals surface area contributed by atoms with E-state index in [1.807, 2.05) is 18.2 Å². The molecule has 0 aromatic rings. The molecule has 0 saturated heterocycles. The molecule has 8 heteroatoms. The Hall–Kier alpha value is -1.74. The average Bonchev–Trinajstić information content (AvgIpc) is 3.25. The van der Waals surface area contributed by atoms with Crippen LogP contribution in [0.2, 0.25) is 0 Å². The van der Waals surface area contributed by atoms with Gasteiger partial charge >= 0.3 is 11.9 Å². The molecule has 1 aliphatic carbocycles. The molecule has 0 spiro atoms. The summed E-state index contributed by atoms with van der Waals surface area (Å²) in [5.41, 5.74) is 0. The largest absolute Gasteiger partial charge is 0.463 e. The topological polar surface area (TPSA) is 134 Å². The molecule has 256 valence electrons. The fraction of sp³-hybridized carbons (Fsp3) is 0.833. The maximum atomic E-state index is 12.0. The van der Waals surface area contributed by atoms with Crippen LogP contribution in [0.25, 0.3) is 0 Å². The molecule has 0 unspecified atom stereocenters. The van der Waals surface area contributed by atoms with E-state index in [-0.39, 0.29) is 37.4 Å². The van der Waals surface area contributed by atoms with Crippen molar-refractivity contribution in [3.8, 4) is 0 Å². The third kappa shape index (κ3) is 20.3. The molecule has 0 radical (unpaired) electrons. The molecular formula is C36H64O8. The summed E-state index contributed by atoms with van der Waals surface area (Å²) in [7, 11) is 0. The highest BCUT2D eigenvalue weighted by atomic mass is 16.6. The summed E-state index contributed by atoms with van der Waals surface area (Å²) in [6.07, 6.45) is 20.6. The second-order valence-electron chi connectivity index (χ2n) is 13.1. The first-order chi connectivity index (χ1) is 21.1. The number of hydrogen-bond acceptors (Lipinski definition) is 8. The second kappa shape index (κ2) is 25.5. The van der Waals surface area contributed by atoms with E-state index in [2.05, 4.69) is 20.8 Å². The van der Waals surface area contributed by atoms with E-state index in [1.54, 1.807) is 6.08 Å². The van der Waals surface area contributed by atoms with E-state index in [0.29, 0.717) is 38.5 Å². The minimum Gasteiger partial charge on any atom is -0.463 e. The number of ether oxygens (including phenoxy) is 2. The highest BCUT2D eigenvalue weighted by Gasteiger charge is 2.39. The van der Waals surface area contributed by atoms with E-state index >= 15 is 0 Å². The molecule has 44 heavy (non-hydrogen) atoms. The van der Waals surface area contributed by atoms with Crippen molar-refractivity contribution in [2.75, 3.05) is 13.2 Å². The Balaban J connectivity index is 2.12. The van der Waals surface area contributed by atoms with Crippen molar-refractivity contribution < 1.29 is 39.5 Å². The Bertz CT molecular complexity index is 795. The summed E-state index contributed by atoms with van der Waals surface area (Å²) in [4.78, 5) is 23.9. The van der Waals surface area contributed by atoms with Gasteiger partial charge in [0.15, 0.2) is 0 Å². The third-order valence-electron chi connectivity index (χ3n) is 8.44. The maximum absolute atomic E-state index is 12.0. The quantitative estimate of drug-likeness (QED) is 0.0482. The first kappa shape index (κ1) is 40.3. The van der Waals surface area contributed by atoms with Crippen molar-refractivity contribution in [1.29, 1.82) is 0 Å². The molecule has 0 amide bonds. The van der Waals surface area contributed by atoms with Gasteiger partial charge in [-0.15, -0.1) is 0 Å². The highest BCUT2D eigenvalue weighted by molar-refractivity contribution is 5.69. The smallest absolute Gasteiger partial charge is 0.305 e. The van der Waals surface area contributed by atoms with Crippen LogP contribution in [0.3, 0.4) is 0 Å². The molecule has 0 aromatic heterocycles. The number of aliphatic hydroxyl groups is 4. The van der Waals surface area contributed by atoms with Gasteiger partial charge in [-0.05, 0) is 43.9 Å². The van der Waals surface area contributed by atoms with Crippen LogP contribution in [0.15, 0.2) is 24.3 Å². The van der Waals surface area contributed by atoms with E-state index in [9.17, 15) is 30.0 Å². The zero-order chi connectivity index (χ0) is 32.6. The van der Waals surface area contributed by atoms with Gasteiger partial charge in [0.25, 0.3) is 0 Å². The fourth-order valence-electron chi connectivity index (χ4n) is 5.67. The van der Waals surface area contributed by atoms with Gasteiger partial charge in [0.2, 0.25) is 0 Å². The lowest BCUT2D eigenvalue weighted by molar-refractivity contribution is -0.152. The average molecular weight is 625 g/mol. The molecule has 0 heterocycles. The van der Waals surface area contributed by atoms with Gasteiger partial charge in [0.05, 0.1) is 18.3 Å². The summed E-state index contributed by atoms with van der Waals surface area (Å²) in [6, 6.07) is 0. The van der Waals surface area contributed by atoms with Crippen LogP contribution in [-0.4, -0.2) is 70.0 Å². The highest BCUT2D eigenvalue weighted by Crippen LogP contribution is 2.36. The number of aliphatic hydroxyl groups excluding tert-OH is 4. The normalized spacial score (nSPS) is 21.8. The molecule has 0 aliphatic heterocycles. The van der Waals surface area contributed by atoms with Crippen LogP contribution < -0.4 is 0 Å². The van der Waals surface area contributed by atoms with Crippen molar-refractivity contribution >= 4 is 11.9 Å². The predicted octanol–water partition coefficient (Wildman–Crippen LogP) is 6.57. The number of unbranched alkanes of at least 4 members (excludes halogenated alkanes) is 9. The van der Waals surface area contributed by atoms with Crippen LogP contribution in [0, 0.1) is 17.8 Å². The predicted molar refractivity (Wildman–Crippen MR) is 175 cm³/mol. The number of carbonyl (C=O) groups excluding carboxylic acids is 2. The van der Waals surface area contributed by atoms with Crippen LogP contribution in [-0.2, 0) is 19.1 Å². The number of rotatable bonds is 26. The van der Waals surface area contributed by atoms with E-state index in [1.165, 1.54) is 32.1 Å². The van der Waals surface area contributed by atoms with Crippen LogP contribution >= 0.6 is 0 Å². The van der Waals surface area contributed by atoms with Gasteiger partial charge in [-0.25, -0.2) is 0 Å². The fourth-order valence-corrected chi connectivity index (χ4v) is 5.67. The molecule has 1 rings (SSSR count). The van der Waals surface area contributed by atoms with Gasteiger partial charge in [-0.2, -0.15) is 0 Å². The van der Waals surface area contributed by atoms with Crippen LogP contribution in [0.1, 0.15) is 136 Å². The monoisotopic (exact) mass is 624 g/mol. The minimum atomic E-state index is -1.04. The molecule has 1 fully saturated rings. The zero-order valence-corrected chi connectivity index (χ0v) is 27.9. The molecule has 0 bridgehead atoms. The first-order valence-corrected chi connectivity index (χ1v) is 17.5. The summed E-state index contributed by atoms with van der Waals surface area (Å²) in [5.74, 6) is -0.284. The van der Waals surface area contributed by atoms with Gasteiger partial charge < -0.3 is 29.9 Å². The van der Waals surface area contributed by atoms with Gasteiger partial charge in [-0.3, -0.25) is 9.59 Å². The van der Waals surface area contributed by atoms with E-state index in [0.717, 1.165) is 44.4 Å². The molecule has 1 saturated carbocycles. The Kier molecular flexibility index (Phi) is 23.3. The SMILES string of the molecule is CCCCC[C@H](O)/C=C/[C@@H]1[C@@H](C/C=C/CCCC(=O)OC[C@H](O)COC(=O)CCCCCCCCCC(C)C)[C@@H](O)C[C@H]1O. The van der Waals surface area contributed by atoms with Crippen molar-refractivity contribution in [3.05, 3.63) is 24.3 Å². The Morgan fingerprint density at radius 3 is 2.00 bits per heavy atom. The lowest BCUT2D eigenvalue weighted by Crippen LogP contribution is -2.25. The maximum Gasteiger partial charge on any atom is 0.305 e. The summed E-state index contributed by atoms with van der Waals surface area (Å²) < 4.78 is 10.2. The van der Waals surface area contributed by atoms with E-state index < -0.39 is 30.4 Å². The third-order valence-corrected chi connectivity index (χ3v) is 8.44. The molecule has 0 aromatic carbocycles. The summed E-state index contributed by atoms with van der Waals surface area (Å²) >= 11 is 0. The van der Waals surface area contributed by atoms with Gasteiger partial charge in [0.1, 0.15) is 19.3 Å². The molecule has 4 N–H and O–H groups in total. The Morgan fingerprint density at radius 2 is 1.36 bits per heavy atom. The minimum absolute atomic E-state index is 0.116. The molecule has 6 atom stereocenters. The molecule has 1 aliphatic rings. The van der Waals surface area contributed by atoms with Gasteiger partial charge in [0, 0.05) is 25.2 Å². The first-order valence-electron chi connectivity index (χ1n) is 17.5. The number of esters is 2. The summed E-state index contributed by atoms with van der Waals surface area (Å²) in [6.45, 7) is 6.25. The van der Waals surface area contributed by atoms with Crippen molar-refractivity contribution in [1.82, 2.24) is 0 Å². The lowest BCUT2D eigenvalue weighted by Gasteiger charge is -2.19. The number of carbonyl (C=O) groups is 2. The second-order valence-corrected chi connectivity index (χ2v) is 13.1. The molecular weight excluding hydrogens is 560 g/mol. The Morgan fingerprint density at radius 1 is 0.773 bits per heavy atom. The van der Waals surface area contributed by atoms with Crippen LogP contribution in [0.5, 0.6) is 0 Å². The van der Waals surface area contributed by atoms with E-state index in [4.69, 9.17) is 9.47 Å². The lowest BCUT2D eigenvalue weighted by atomic mass is 9.89. The standard InChI is InChI=1S/C36H64O8/c1-4-5-13-19-29(37)23-24-32-31(33(39)25-34(32)40)20-15-11-12-17-22-36(42)44-27-30(38)26-43-35(41)21-16-10-8-6-7-9-14-18-28(2)3/h11,15,23-24,28-34,37-40H,4-10,12-14,16-22,25-27H2,1-3H3/b15-11+,24-23+/t29-,30+,31+,32+,33-,34+/m0/s1. The summed E-state index contributed by atoms with van der Waals surface area (Å²) in [5, 5.41) is 41.0. The van der Waals surface area contributed by atoms with Crippen molar-refractivity contribution in [2.45, 2.75) is 161 Å². The molecule has 8 nitrogen and oxygen atoms in total. The van der Waals surface area contributed by atoms with Crippen molar-refractivity contribution in [3.63, 3.8) is 0 Å². The Labute approximate surface area is 267 Å². The zero-order valence-electron chi connectivity index (χ0n) is 27.9.